The van der Waals surface area contributed by atoms with Crippen LogP contribution in [-0.2, 0) is 11.2 Å². The Morgan fingerprint density at radius 3 is 2.42 bits per heavy atom. The Morgan fingerprint density at radius 2 is 1.92 bits per heavy atom. The Bertz CT molecular complexity index is 235. The molecule has 0 fully saturated rings. The molecule has 0 saturated heterocycles. The van der Waals surface area contributed by atoms with Gasteiger partial charge in [0.05, 0.1) is 0 Å². The van der Waals surface area contributed by atoms with E-state index in [-0.39, 0.29) is 5.82 Å². The van der Waals surface area contributed by atoms with Gasteiger partial charge in [-0.3, -0.25) is 0 Å². The summed E-state index contributed by atoms with van der Waals surface area (Å²) in [5, 5.41) is 0. The maximum atomic E-state index is 12.4. The molecule has 1 aromatic carbocycles. The monoisotopic (exact) mass is 185 g/mol. The predicted molar refractivity (Wildman–Crippen MR) is 47.6 cm³/mol. The van der Waals surface area contributed by atoms with Crippen molar-refractivity contribution < 1.29 is 8.94 Å². The zero-order valence-corrected chi connectivity index (χ0v) is 7.44. The molecule has 0 N–H and O–H groups in total. The third kappa shape index (κ3) is 2.50. The molecule has 0 aromatic heterocycles. The molecule has 1 radical (unpaired) electrons. The van der Waals surface area contributed by atoms with Crippen LogP contribution in [0.3, 0.4) is 0 Å². The fourth-order valence-electron chi connectivity index (χ4n) is 0.835. The standard InChI is InChI=1S/C9H10FOS/c1-2-7-12(11)9-5-3-8(10)4-6-9/h3-6H,1-2,7H2. The number of rotatable bonds is 3. The zero-order valence-electron chi connectivity index (χ0n) is 6.63. The van der Waals surface area contributed by atoms with E-state index in [2.05, 4.69) is 6.92 Å². The van der Waals surface area contributed by atoms with E-state index in [4.69, 9.17) is 0 Å². The van der Waals surface area contributed by atoms with Gasteiger partial charge in [0.15, 0.2) is 4.90 Å². The van der Waals surface area contributed by atoms with Gasteiger partial charge in [-0.15, -0.1) is 0 Å². The SMILES string of the molecule is [CH2]CC[S+]([O-])c1ccc(F)cc1. The number of hydrogen-bond acceptors (Lipinski definition) is 1. The van der Waals surface area contributed by atoms with E-state index in [1.54, 1.807) is 12.1 Å². The molecule has 0 heterocycles. The van der Waals surface area contributed by atoms with Gasteiger partial charge in [-0.05, 0) is 48.8 Å². The molecule has 0 aliphatic heterocycles. The molecular formula is C9H10FOS. The lowest BCUT2D eigenvalue weighted by atomic mass is 10.4. The summed E-state index contributed by atoms with van der Waals surface area (Å²) >= 11 is -1.02. The molecule has 0 aliphatic carbocycles. The van der Waals surface area contributed by atoms with Crippen LogP contribution in [-0.4, -0.2) is 10.3 Å². The summed E-state index contributed by atoms with van der Waals surface area (Å²) in [5.41, 5.74) is 0. The summed E-state index contributed by atoms with van der Waals surface area (Å²) in [4.78, 5) is 0.667. The Hall–Kier alpha value is -0.540. The maximum Gasteiger partial charge on any atom is 0.152 e. The molecule has 0 saturated carbocycles. The van der Waals surface area contributed by atoms with E-state index in [1.165, 1.54) is 12.1 Å². The molecule has 12 heavy (non-hydrogen) atoms. The summed E-state index contributed by atoms with van der Waals surface area (Å²) in [6.45, 7) is 3.60. The largest absolute Gasteiger partial charge is 0.611 e. The first-order chi connectivity index (χ1) is 5.74. The van der Waals surface area contributed by atoms with Crippen LogP contribution in [0, 0.1) is 12.7 Å². The van der Waals surface area contributed by atoms with Gasteiger partial charge in [0, 0.05) is 0 Å². The summed E-state index contributed by atoms with van der Waals surface area (Å²) < 4.78 is 23.7. The second-order valence-electron chi connectivity index (χ2n) is 2.36. The molecule has 65 valence electrons. The van der Waals surface area contributed by atoms with E-state index < -0.39 is 11.2 Å². The minimum Gasteiger partial charge on any atom is -0.611 e. The van der Waals surface area contributed by atoms with Crippen molar-refractivity contribution in [3.8, 4) is 0 Å². The number of benzene rings is 1. The van der Waals surface area contributed by atoms with Crippen molar-refractivity contribution in [3.63, 3.8) is 0 Å². The van der Waals surface area contributed by atoms with Crippen molar-refractivity contribution in [1.29, 1.82) is 0 Å². The van der Waals surface area contributed by atoms with Crippen LogP contribution in [0.15, 0.2) is 29.2 Å². The average molecular weight is 185 g/mol. The zero-order chi connectivity index (χ0) is 8.97. The van der Waals surface area contributed by atoms with Gasteiger partial charge >= 0.3 is 0 Å². The van der Waals surface area contributed by atoms with Gasteiger partial charge in [0.25, 0.3) is 0 Å². The van der Waals surface area contributed by atoms with Gasteiger partial charge in [-0.1, -0.05) is 0 Å². The molecule has 1 atom stereocenters. The molecular weight excluding hydrogens is 175 g/mol. The average Bonchev–Trinajstić information content (AvgIpc) is 2.06. The summed E-state index contributed by atoms with van der Waals surface area (Å²) in [6, 6.07) is 5.72. The lowest BCUT2D eigenvalue weighted by molar-refractivity contribution is 0.593. The minimum atomic E-state index is -1.02. The first-order valence-corrected chi connectivity index (χ1v) is 4.99. The van der Waals surface area contributed by atoms with Crippen molar-refractivity contribution in [3.05, 3.63) is 37.0 Å². The predicted octanol–water partition coefficient (Wildman–Crippen LogP) is 2.16. The van der Waals surface area contributed by atoms with Crippen LogP contribution < -0.4 is 0 Å². The first kappa shape index (κ1) is 9.55. The highest BCUT2D eigenvalue weighted by Crippen LogP contribution is 2.12. The Morgan fingerprint density at radius 1 is 1.33 bits per heavy atom. The Balaban J connectivity index is 2.68. The third-order valence-corrected chi connectivity index (χ3v) is 2.86. The van der Waals surface area contributed by atoms with Crippen molar-refractivity contribution in [2.45, 2.75) is 11.3 Å². The van der Waals surface area contributed by atoms with E-state index in [1.807, 2.05) is 0 Å². The molecule has 1 unspecified atom stereocenters. The van der Waals surface area contributed by atoms with E-state index in [9.17, 15) is 8.94 Å². The lowest BCUT2D eigenvalue weighted by Crippen LogP contribution is -2.05. The normalized spacial score (nSPS) is 12.9. The molecule has 0 spiro atoms. The highest BCUT2D eigenvalue weighted by molar-refractivity contribution is 7.91. The smallest absolute Gasteiger partial charge is 0.152 e. The lowest BCUT2D eigenvalue weighted by Gasteiger charge is -2.07. The highest BCUT2D eigenvalue weighted by Gasteiger charge is 2.08. The minimum absolute atomic E-state index is 0.301. The third-order valence-electron chi connectivity index (χ3n) is 1.41. The second kappa shape index (κ2) is 4.48. The van der Waals surface area contributed by atoms with E-state index >= 15 is 0 Å². The Kier molecular flexibility index (Phi) is 3.56. The van der Waals surface area contributed by atoms with Crippen LogP contribution in [0.4, 0.5) is 4.39 Å². The molecule has 1 rings (SSSR count). The molecule has 0 aliphatic rings. The number of hydrogen-bond donors (Lipinski definition) is 0. The van der Waals surface area contributed by atoms with Crippen molar-refractivity contribution in [2.75, 3.05) is 5.75 Å². The van der Waals surface area contributed by atoms with Crippen LogP contribution in [0.5, 0.6) is 0 Å². The van der Waals surface area contributed by atoms with Crippen LogP contribution in [0.25, 0.3) is 0 Å². The van der Waals surface area contributed by atoms with Gasteiger partial charge < -0.3 is 4.55 Å². The molecule has 1 nitrogen and oxygen atoms in total. The maximum absolute atomic E-state index is 12.4. The fourth-order valence-corrected chi connectivity index (χ4v) is 1.77. The van der Waals surface area contributed by atoms with Crippen LogP contribution in [0.1, 0.15) is 6.42 Å². The van der Waals surface area contributed by atoms with E-state index in [0.29, 0.717) is 17.1 Å². The topological polar surface area (TPSA) is 23.1 Å². The van der Waals surface area contributed by atoms with Crippen molar-refractivity contribution in [1.82, 2.24) is 0 Å². The van der Waals surface area contributed by atoms with Gasteiger partial charge in [0.2, 0.25) is 0 Å². The highest BCUT2D eigenvalue weighted by atomic mass is 32.2. The van der Waals surface area contributed by atoms with Gasteiger partial charge in [0.1, 0.15) is 11.6 Å². The second-order valence-corrected chi connectivity index (χ2v) is 3.93. The van der Waals surface area contributed by atoms with E-state index in [0.717, 1.165) is 0 Å². The van der Waals surface area contributed by atoms with Gasteiger partial charge in [-0.2, -0.15) is 0 Å². The fraction of sp³-hybridized carbons (Fsp3) is 0.222. The Labute approximate surface area is 74.8 Å². The first-order valence-electron chi connectivity index (χ1n) is 3.67. The molecule has 0 amide bonds. The van der Waals surface area contributed by atoms with Crippen LogP contribution in [0.2, 0.25) is 0 Å². The summed E-state index contributed by atoms with van der Waals surface area (Å²) in [7, 11) is 0. The van der Waals surface area contributed by atoms with Crippen molar-refractivity contribution >= 4 is 11.2 Å². The summed E-state index contributed by atoms with van der Waals surface area (Å²) in [5.74, 6) is 0.233. The summed E-state index contributed by atoms with van der Waals surface area (Å²) in [6.07, 6.45) is 0.629. The van der Waals surface area contributed by atoms with Crippen molar-refractivity contribution in [2.24, 2.45) is 0 Å². The number of halogens is 1. The van der Waals surface area contributed by atoms with Crippen LogP contribution >= 0.6 is 0 Å². The molecule has 1 aromatic rings. The molecule has 0 bridgehead atoms. The molecule has 3 heteroatoms. The van der Waals surface area contributed by atoms with Gasteiger partial charge in [-0.25, -0.2) is 4.39 Å². The quantitative estimate of drug-likeness (QED) is 0.662.